The minimum atomic E-state index is -1.08. The Hall–Kier alpha value is -3.61. The number of carbonyl (C=O) groups is 3. The first kappa shape index (κ1) is 18.7. The number of ether oxygens (including phenoxy) is 2. The number of allylic oxidation sites excluding steroid dienone is 1. The predicted molar refractivity (Wildman–Crippen MR) is 92.5 cm³/mol. The summed E-state index contributed by atoms with van der Waals surface area (Å²) < 4.78 is 10.0. The highest BCUT2D eigenvalue weighted by atomic mass is 16.5. The molecule has 0 aromatic heterocycles. The highest BCUT2D eigenvalue weighted by Crippen LogP contribution is 2.15. The molecule has 0 heterocycles. The molecule has 26 heavy (non-hydrogen) atoms. The monoisotopic (exact) mass is 356 g/mol. The van der Waals surface area contributed by atoms with Crippen molar-refractivity contribution in [2.24, 2.45) is 0 Å². The van der Waals surface area contributed by atoms with Gasteiger partial charge in [0.2, 0.25) is 0 Å². The van der Waals surface area contributed by atoms with Crippen LogP contribution in [0.1, 0.15) is 15.9 Å². The fraction of sp³-hybridized carbons (Fsp3) is 0.105. The zero-order valence-corrected chi connectivity index (χ0v) is 13.6. The molecule has 0 saturated heterocycles. The summed E-state index contributed by atoms with van der Waals surface area (Å²) in [6, 6.07) is 12.8. The molecule has 2 aromatic carbocycles. The van der Waals surface area contributed by atoms with Gasteiger partial charge in [-0.2, -0.15) is 0 Å². The summed E-state index contributed by atoms with van der Waals surface area (Å²) in [5.41, 5.74) is 1.19. The van der Waals surface area contributed by atoms with Crippen molar-refractivity contribution in [1.29, 1.82) is 0 Å². The third kappa shape index (κ3) is 6.12. The van der Waals surface area contributed by atoms with Gasteiger partial charge >= 0.3 is 11.9 Å². The van der Waals surface area contributed by atoms with Crippen molar-refractivity contribution >= 4 is 23.8 Å². The Morgan fingerprint density at radius 1 is 0.769 bits per heavy atom. The molecule has 7 heteroatoms. The van der Waals surface area contributed by atoms with Gasteiger partial charge in [0.05, 0.1) is 0 Å². The molecule has 2 rings (SSSR count). The zero-order chi connectivity index (χ0) is 18.9. The molecule has 0 saturated carbocycles. The maximum absolute atomic E-state index is 12.1. The fourth-order valence-corrected chi connectivity index (χ4v) is 1.95. The Balaban J connectivity index is 1.93. The lowest BCUT2D eigenvalue weighted by atomic mass is 10.1. The van der Waals surface area contributed by atoms with Crippen LogP contribution >= 0.6 is 0 Å². The number of hydrogen-bond acceptors (Lipinski definition) is 5. The summed E-state index contributed by atoms with van der Waals surface area (Å²) in [6.45, 7) is -0.862. The third-order valence-electron chi connectivity index (χ3n) is 3.17. The van der Waals surface area contributed by atoms with E-state index in [1.807, 2.05) is 0 Å². The molecule has 0 atom stereocenters. The summed E-state index contributed by atoms with van der Waals surface area (Å²) in [6.07, 6.45) is 3.03. The van der Waals surface area contributed by atoms with Gasteiger partial charge in [-0.1, -0.05) is 18.2 Å². The summed E-state index contributed by atoms with van der Waals surface area (Å²) in [5, 5.41) is 17.1. The van der Waals surface area contributed by atoms with E-state index < -0.39 is 25.2 Å². The number of hydrogen-bond donors (Lipinski definition) is 2. The molecular weight excluding hydrogens is 340 g/mol. The van der Waals surface area contributed by atoms with E-state index in [0.29, 0.717) is 17.1 Å². The molecule has 0 bridgehead atoms. The zero-order valence-electron chi connectivity index (χ0n) is 13.6. The maximum Gasteiger partial charge on any atom is 0.341 e. The summed E-state index contributed by atoms with van der Waals surface area (Å²) in [7, 11) is 0. The van der Waals surface area contributed by atoms with Crippen molar-refractivity contribution in [3.8, 4) is 11.5 Å². The van der Waals surface area contributed by atoms with E-state index in [0.717, 1.165) is 5.56 Å². The number of carbonyl (C=O) groups excluding carboxylic acids is 1. The lowest BCUT2D eigenvalue weighted by Crippen LogP contribution is -2.09. The van der Waals surface area contributed by atoms with Crippen LogP contribution in [0.3, 0.4) is 0 Å². The van der Waals surface area contributed by atoms with Crippen LogP contribution in [-0.4, -0.2) is 41.1 Å². The van der Waals surface area contributed by atoms with Crippen LogP contribution in [0.25, 0.3) is 6.08 Å². The van der Waals surface area contributed by atoms with Crippen LogP contribution in [0.5, 0.6) is 11.5 Å². The van der Waals surface area contributed by atoms with E-state index in [9.17, 15) is 14.4 Å². The normalized spacial score (nSPS) is 10.5. The Morgan fingerprint density at radius 2 is 1.23 bits per heavy atom. The van der Waals surface area contributed by atoms with Crippen LogP contribution in [0, 0.1) is 0 Å². The SMILES string of the molecule is O=C(O)COc1ccc(C=CC(=O)c2ccc(OCC(=O)O)cc2)cc1. The van der Waals surface area contributed by atoms with Crippen molar-refractivity contribution in [1.82, 2.24) is 0 Å². The van der Waals surface area contributed by atoms with Crippen LogP contribution in [-0.2, 0) is 9.59 Å². The van der Waals surface area contributed by atoms with E-state index in [-0.39, 0.29) is 5.78 Å². The number of carboxylic acid groups (broad SMARTS) is 2. The second-order valence-electron chi connectivity index (χ2n) is 5.16. The molecule has 0 aliphatic carbocycles. The largest absolute Gasteiger partial charge is 0.482 e. The minimum Gasteiger partial charge on any atom is -0.482 e. The average molecular weight is 356 g/mol. The van der Waals surface area contributed by atoms with Crippen molar-refractivity contribution < 1.29 is 34.1 Å². The van der Waals surface area contributed by atoms with Gasteiger partial charge in [-0.25, -0.2) is 9.59 Å². The molecule has 7 nitrogen and oxygen atoms in total. The molecule has 0 spiro atoms. The first-order valence-corrected chi connectivity index (χ1v) is 7.56. The summed E-state index contributed by atoms with van der Waals surface area (Å²) in [5.74, 6) is -1.56. The number of benzene rings is 2. The van der Waals surface area contributed by atoms with Gasteiger partial charge in [-0.05, 0) is 48.0 Å². The number of rotatable bonds is 9. The first-order valence-electron chi connectivity index (χ1n) is 7.56. The van der Waals surface area contributed by atoms with Crippen LogP contribution < -0.4 is 9.47 Å². The third-order valence-corrected chi connectivity index (χ3v) is 3.17. The number of carboxylic acids is 2. The molecule has 0 amide bonds. The van der Waals surface area contributed by atoms with Gasteiger partial charge in [0, 0.05) is 5.56 Å². The van der Waals surface area contributed by atoms with E-state index in [1.54, 1.807) is 42.5 Å². The first-order chi connectivity index (χ1) is 12.4. The summed E-state index contributed by atoms with van der Waals surface area (Å²) in [4.78, 5) is 33.0. The van der Waals surface area contributed by atoms with Gasteiger partial charge in [-0.3, -0.25) is 4.79 Å². The maximum atomic E-state index is 12.1. The molecule has 0 radical (unpaired) electrons. The van der Waals surface area contributed by atoms with E-state index in [1.165, 1.54) is 18.2 Å². The van der Waals surface area contributed by atoms with Crippen molar-refractivity contribution in [3.63, 3.8) is 0 Å². The molecule has 0 aliphatic heterocycles. The van der Waals surface area contributed by atoms with Gasteiger partial charge in [0.1, 0.15) is 11.5 Å². The number of aliphatic carboxylic acids is 2. The van der Waals surface area contributed by atoms with E-state index >= 15 is 0 Å². The molecule has 2 aromatic rings. The highest BCUT2D eigenvalue weighted by Gasteiger charge is 2.04. The van der Waals surface area contributed by atoms with Crippen LogP contribution in [0.4, 0.5) is 0 Å². The Kier molecular flexibility index (Phi) is 6.50. The topological polar surface area (TPSA) is 110 Å². The smallest absolute Gasteiger partial charge is 0.341 e. The fourth-order valence-electron chi connectivity index (χ4n) is 1.95. The molecule has 0 aliphatic rings. The number of ketones is 1. The standard InChI is InChI=1S/C19H16O7/c20-17(14-4-8-16(9-5-14)26-12-19(23)24)10-3-13-1-6-15(7-2-13)25-11-18(21)22/h1-10H,11-12H2,(H,21,22)(H,23,24). The Bertz CT molecular complexity index is 805. The van der Waals surface area contributed by atoms with Crippen molar-refractivity contribution in [2.75, 3.05) is 13.2 Å². The second kappa shape index (κ2) is 9.03. The Morgan fingerprint density at radius 3 is 1.69 bits per heavy atom. The van der Waals surface area contributed by atoms with Crippen molar-refractivity contribution in [2.45, 2.75) is 0 Å². The average Bonchev–Trinajstić information content (AvgIpc) is 2.64. The van der Waals surface area contributed by atoms with Gasteiger partial charge < -0.3 is 19.7 Å². The quantitative estimate of drug-likeness (QED) is 0.525. The molecular formula is C19H16O7. The van der Waals surface area contributed by atoms with E-state index in [2.05, 4.69) is 0 Å². The van der Waals surface area contributed by atoms with Gasteiger partial charge in [0.25, 0.3) is 0 Å². The van der Waals surface area contributed by atoms with Crippen LogP contribution in [0.15, 0.2) is 54.6 Å². The lowest BCUT2D eigenvalue weighted by molar-refractivity contribution is -0.140. The minimum absolute atomic E-state index is 0.221. The van der Waals surface area contributed by atoms with Crippen molar-refractivity contribution in [3.05, 3.63) is 65.7 Å². The van der Waals surface area contributed by atoms with Gasteiger partial charge in [0.15, 0.2) is 19.0 Å². The van der Waals surface area contributed by atoms with Gasteiger partial charge in [-0.15, -0.1) is 0 Å². The predicted octanol–water partition coefficient (Wildman–Crippen LogP) is 2.51. The molecule has 134 valence electrons. The van der Waals surface area contributed by atoms with Crippen LogP contribution in [0.2, 0.25) is 0 Å². The highest BCUT2D eigenvalue weighted by molar-refractivity contribution is 6.06. The van der Waals surface area contributed by atoms with E-state index in [4.69, 9.17) is 19.7 Å². The molecule has 0 fully saturated rings. The molecule has 0 unspecified atom stereocenters. The molecule has 2 N–H and O–H groups in total. The second-order valence-corrected chi connectivity index (χ2v) is 5.16. The Labute approximate surface area is 149 Å². The lowest BCUT2D eigenvalue weighted by Gasteiger charge is -2.04. The summed E-state index contributed by atoms with van der Waals surface area (Å²) >= 11 is 0.